The number of fused-ring (bicyclic) bond motifs is 1. The van der Waals surface area contributed by atoms with Crippen molar-refractivity contribution in [2.75, 3.05) is 5.32 Å². The fourth-order valence-electron chi connectivity index (χ4n) is 3.53. The van der Waals surface area contributed by atoms with Crippen LogP contribution in [0.15, 0.2) is 61.3 Å². The Morgan fingerprint density at radius 3 is 2.57 bits per heavy atom. The summed E-state index contributed by atoms with van der Waals surface area (Å²) in [6.07, 6.45) is 1.57. The monoisotopic (exact) mass is 516 g/mol. The highest BCUT2D eigenvalue weighted by atomic mass is 35.5. The van der Waals surface area contributed by atoms with Gasteiger partial charge < -0.3 is 10.3 Å². The van der Waals surface area contributed by atoms with Crippen LogP contribution in [0.1, 0.15) is 16.1 Å². The molecule has 4 aromatic heterocycles. The van der Waals surface area contributed by atoms with Crippen molar-refractivity contribution in [1.29, 1.82) is 0 Å². The van der Waals surface area contributed by atoms with E-state index in [2.05, 4.69) is 30.6 Å². The van der Waals surface area contributed by atoms with Crippen molar-refractivity contribution in [3.63, 3.8) is 0 Å². The summed E-state index contributed by atoms with van der Waals surface area (Å²) < 4.78 is 43.5. The number of amides is 1. The first-order chi connectivity index (χ1) is 16.7. The summed E-state index contributed by atoms with van der Waals surface area (Å²) in [4.78, 5) is 21.0. The second kappa shape index (κ2) is 8.60. The fourth-order valence-corrected chi connectivity index (χ4v) is 4.02. The Morgan fingerprint density at radius 1 is 1.09 bits per heavy atom. The summed E-state index contributed by atoms with van der Waals surface area (Å²) in [5.41, 5.74) is -1.72. The van der Waals surface area contributed by atoms with Crippen LogP contribution < -0.4 is 5.32 Å². The van der Waals surface area contributed by atoms with Gasteiger partial charge in [0.15, 0.2) is 11.5 Å². The maximum absolute atomic E-state index is 14.2. The topological polar surface area (TPSA) is 106 Å². The van der Waals surface area contributed by atoms with Crippen LogP contribution in [-0.4, -0.2) is 40.6 Å². The van der Waals surface area contributed by atoms with Gasteiger partial charge in [0.2, 0.25) is 0 Å². The Kier molecular flexibility index (Phi) is 5.57. The standard InChI is InChI=1S/C21H12ClF3N8OS/c22-15-8-11(9-27-18(15)33-28-6-7-29-33)31-19(34)14-10-30-32(17(14)21(23,24)25)16-3-1-2-13-12(16)4-5-26-20(13)35/h1-10H,(H,26,35)(H,31,34). The van der Waals surface area contributed by atoms with Gasteiger partial charge in [0, 0.05) is 17.0 Å². The van der Waals surface area contributed by atoms with E-state index in [0.717, 1.165) is 11.0 Å². The Hall–Kier alpha value is -4.10. The summed E-state index contributed by atoms with van der Waals surface area (Å²) in [7, 11) is 0. The highest BCUT2D eigenvalue weighted by Crippen LogP contribution is 2.35. The molecule has 5 rings (SSSR count). The number of pyridine rings is 2. The van der Waals surface area contributed by atoms with E-state index in [4.69, 9.17) is 23.8 Å². The number of carbonyl (C=O) groups excluding carboxylic acids is 1. The average molecular weight is 517 g/mol. The van der Waals surface area contributed by atoms with Gasteiger partial charge in [0.1, 0.15) is 4.64 Å². The number of aromatic nitrogens is 7. The number of H-pyrrole nitrogens is 1. The molecule has 1 aromatic carbocycles. The summed E-state index contributed by atoms with van der Waals surface area (Å²) in [6.45, 7) is 0. The largest absolute Gasteiger partial charge is 0.434 e. The SMILES string of the molecule is O=C(Nc1cnc(-n2nccn2)c(Cl)c1)c1cnn(-c2cccc3c(=S)[nH]ccc23)c1C(F)(F)F. The van der Waals surface area contributed by atoms with E-state index in [-0.39, 0.29) is 22.2 Å². The van der Waals surface area contributed by atoms with Crippen LogP contribution in [-0.2, 0) is 6.18 Å². The normalized spacial score (nSPS) is 11.7. The minimum atomic E-state index is -4.89. The Bertz CT molecular complexity index is 1630. The highest BCUT2D eigenvalue weighted by Gasteiger charge is 2.41. The zero-order valence-electron chi connectivity index (χ0n) is 17.3. The smallest absolute Gasteiger partial charge is 0.352 e. The van der Waals surface area contributed by atoms with E-state index < -0.39 is 23.3 Å². The van der Waals surface area contributed by atoms with Gasteiger partial charge in [-0.1, -0.05) is 36.0 Å². The number of hydrogen-bond acceptors (Lipinski definition) is 6. The number of hydrogen-bond donors (Lipinski definition) is 2. The molecule has 9 nitrogen and oxygen atoms in total. The van der Waals surface area contributed by atoms with Crippen LogP contribution in [0.3, 0.4) is 0 Å². The molecule has 0 bridgehead atoms. The number of nitrogens with zero attached hydrogens (tertiary/aromatic N) is 6. The lowest BCUT2D eigenvalue weighted by atomic mass is 10.1. The first-order valence-corrected chi connectivity index (χ1v) is 10.6. The maximum Gasteiger partial charge on any atom is 0.434 e. The maximum atomic E-state index is 14.2. The van der Waals surface area contributed by atoms with Crippen LogP contribution in [0, 0.1) is 4.64 Å². The molecule has 0 radical (unpaired) electrons. The quantitative estimate of drug-likeness (QED) is 0.326. The first-order valence-electron chi connectivity index (χ1n) is 9.83. The Morgan fingerprint density at radius 2 is 1.86 bits per heavy atom. The number of anilines is 1. The Balaban J connectivity index is 1.55. The van der Waals surface area contributed by atoms with Crippen molar-refractivity contribution >= 4 is 46.2 Å². The molecule has 0 atom stereocenters. The van der Waals surface area contributed by atoms with Crippen molar-refractivity contribution in [2.24, 2.45) is 0 Å². The van der Waals surface area contributed by atoms with Gasteiger partial charge in [0.25, 0.3) is 5.91 Å². The molecule has 0 aliphatic carbocycles. The van der Waals surface area contributed by atoms with Crippen LogP contribution in [0.25, 0.3) is 22.3 Å². The molecule has 14 heteroatoms. The third-order valence-electron chi connectivity index (χ3n) is 4.99. The summed E-state index contributed by atoms with van der Waals surface area (Å²) in [5, 5.41) is 15.2. The van der Waals surface area contributed by atoms with E-state index >= 15 is 0 Å². The molecule has 0 fully saturated rings. The van der Waals surface area contributed by atoms with Crippen LogP contribution in [0.2, 0.25) is 5.02 Å². The van der Waals surface area contributed by atoms with Crippen molar-refractivity contribution < 1.29 is 18.0 Å². The van der Waals surface area contributed by atoms with Crippen molar-refractivity contribution in [2.45, 2.75) is 6.18 Å². The second-order valence-electron chi connectivity index (χ2n) is 7.16. The number of benzene rings is 1. The van der Waals surface area contributed by atoms with E-state index in [9.17, 15) is 18.0 Å². The molecule has 1 amide bonds. The van der Waals surface area contributed by atoms with Crippen LogP contribution >= 0.6 is 23.8 Å². The number of alkyl halides is 3. The van der Waals surface area contributed by atoms with Gasteiger partial charge in [-0.3, -0.25) is 4.79 Å². The lowest BCUT2D eigenvalue weighted by molar-refractivity contribution is -0.143. The number of nitrogens with one attached hydrogen (secondary N) is 2. The van der Waals surface area contributed by atoms with Gasteiger partial charge in [-0.25, -0.2) is 9.67 Å². The number of rotatable bonds is 4. The number of halogens is 4. The lowest BCUT2D eigenvalue weighted by Gasteiger charge is -2.14. The average Bonchev–Trinajstić information content (AvgIpc) is 3.49. The third kappa shape index (κ3) is 4.15. The van der Waals surface area contributed by atoms with Crippen molar-refractivity contribution in [3.05, 3.63) is 82.2 Å². The molecule has 0 saturated carbocycles. The Labute approximate surface area is 204 Å². The molecule has 0 spiro atoms. The molecule has 0 aliphatic heterocycles. The number of carbonyl (C=O) groups is 1. The predicted molar refractivity (Wildman–Crippen MR) is 123 cm³/mol. The van der Waals surface area contributed by atoms with E-state index in [1.807, 2.05) is 0 Å². The van der Waals surface area contributed by atoms with Gasteiger partial charge >= 0.3 is 6.18 Å². The summed E-state index contributed by atoms with van der Waals surface area (Å²) in [6, 6.07) is 7.63. The molecule has 176 valence electrons. The first kappa shape index (κ1) is 22.7. The van der Waals surface area contributed by atoms with Crippen molar-refractivity contribution in [1.82, 2.24) is 34.7 Å². The minimum absolute atomic E-state index is 0.0771. The molecule has 0 aliphatic rings. The zero-order chi connectivity index (χ0) is 24.7. The van der Waals surface area contributed by atoms with Gasteiger partial charge in [-0.15, -0.1) is 4.80 Å². The van der Waals surface area contributed by atoms with Crippen LogP contribution in [0.4, 0.5) is 18.9 Å². The molecule has 4 heterocycles. The third-order valence-corrected chi connectivity index (χ3v) is 5.61. The molecule has 0 saturated heterocycles. The molecule has 0 unspecified atom stereocenters. The number of aromatic amines is 1. The molecular weight excluding hydrogens is 505 g/mol. The molecular formula is C21H12ClF3N8OS. The fraction of sp³-hybridized carbons (Fsp3) is 0.0476. The van der Waals surface area contributed by atoms with Gasteiger partial charge in [-0.05, 0) is 18.2 Å². The van der Waals surface area contributed by atoms with E-state index in [1.165, 1.54) is 36.9 Å². The molecule has 2 N–H and O–H groups in total. The van der Waals surface area contributed by atoms with Crippen molar-refractivity contribution in [3.8, 4) is 11.5 Å². The van der Waals surface area contributed by atoms with E-state index in [0.29, 0.717) is 20.1 Å². The van der Waals surface area contributed by atoms with Crippen LogP contribution in [0.5, 0.6) is 0 Å². The minimum Gasteiger partial charge on any atom is -0.352 e. The molecule has 5 aromatic rings. The van der Waals surface area contributed by atoms with Gasteiger partial charge in [0.05, 0.1) is 46.7 Å². The summed E-state index contributed by atoms with van der Waals surface area (Å²) in [5.74, 6) is -0.850. The highest BCUT2D eigenvalue weighted by molar-refractivity contribution is 7.71. The van der Waals surface area contributed by atoms with Gasteiger partial charge in [-0.2, -0.15) is 28.5 Å². The summed E-state index contributed by atoms with van der Waals surface area (Å²) >= 11 is 11.4. The lowest BCUT2D eigenvalue weighted by Crippen LogP contribution is -2.21. The second-order valence-corrected chi connectivity index (χ2v) is 7.98. The zero-order valence-corrected chi connectivity index (χ0v) is 18.9. The van der Waals surface area contributed by atoms with E-state index in [1.54, 1.807) is 18.2 Å². The molecule has 35 heavy (non-hydrogen) atoms. The predicted octanol–water partition coefficient (Wildman–Crippen LogP) is 4.98.